The highest BCUT2D eigenvalue weighted by atomic mass is 19.4. The normalized spacial score (nSPS) is 16.1. The summed E-state index contributed by atoms with van der Waals surface area (Å²) >= 11 is 0. The van der Waals surface area contributed by atoms with Crippen molar-refractivity contribution in [1.29, 1.82) is 0 Å². The number of allylic oxidation sites excluding steroid dienone is 1. The molecule has 3 rings (SSSR count). The van der Waals surface area contributed by atoms with E-state index in [1.807, 2.05) is 12.1 Å². The van der Waals surface area contributed by atoms with Crippen LogP contribution in [0.25, 0.3) is 6.08 Å². The molecule has 0 amide bonds. The van der Waals surface area contributed by atoms with Gasteiger partial charge < -0.3 is 0 Å². The largest absolute Gasteiger partial charge is 0.416 e. The van der Waals surface area contributed by atoms with Gasteiger partial charge in [-0.15, -0.1) is 0 Å². The first kappa shape index (κ1) is 18.4. The molecule has 26 heavy (non-hydrogen) atoms. The molecule has 136 valence electrons. The number of hydrogen-bond acceptors (Lipinski definition) is 1. The highest BCUT2D eigenvalue weighted by molar-refractivity contribution is 6.06. The first-order chi connectivity index (χ1) is 12.4. The van der Waals surface area contributed by atoms with Crippen LogP contribution < -0.4 is 0 Å². The number of carbonyl (C=O) groups is 1. The Kier molecular flexibility index (Phi) is 5.60. The van der Waals surface area contributed by atoms with E-state index in [-0.39, 0.29) is 11.3 Å². The molecular weight excluding hydrogens is 337 g/mol. The first-order valence-electron chi connectivity index (χ1n) is 8.94. The summed E-state index contributed by atoms with van der Waals surface area (Å²) in [7, 11) is 0. The smallest absolute Gasteiger partial charge is 0.289 e. The number of carbonyl (C=O) groups excluding carboxylic acids is 1. The lowest BCUT2D eigenvalue weighted by Gasteiger charge is -2.21. The fourth-order valence-corrected chi connectivity index (χ4v) is 3.52. The van der Waals surface area contributed by atoms with Crippen LogP contribution in [0.5, 0.6) is 0 Å². The van der Waals surface area contributed by atoms with Gasteiger partial charge in [0.25, 0.3) is 0 Å². The van der Waals surface area contributed by atoms with Gasteiger partial charge in [-0.3, -0.25) is 4.79 Å². The van der Waals surface area contributed by atoms with E-state index in [4.69, 9.17) is 0 Å². The molecule has 0 radical (unpaired) electrons. The molecule has 0 bridgehead atoms. The van der Waals surface area contributed by atoms with E-state index in [1.54, 1.807) is 12.1 Å². The van der Waals surface area contributed by atoms with Gasteiger partial charge in [-0.2, -0.15) is 13.2 Å². The molecule has 1 saturated carbocycles. The molecule has 2 aromatic rings. The molecule has 4 heteroatoms. The second-order valence-electron chi connectivity index (χ2n) is 6.74. The molecule has 1 nitrogen and oxygen atoms in total. The molecule has 0 spiro atoms. The molecule has 0 saturated heterocycles. The molecule has 0 N–H and O–H groups in total. The number of halogens is 3. The van der Waals surface area contributed by atoms with Gasteiger partial charge in [0.2, 0.25) is 0 Å². The Hall–Kier alpha value is -2.36. The minimum Gasteiger partial charge on any atom is -0.289 e. The van der Waals surface area contributed by atoms with Crippen LogP contribution in [0.2, 0.25) is 0 Å². The van der Waals surface area contributed by atoms with Crippen LogP contribution in [0.15, 0.2) is 54.6 Å². The van der Waals surface area contributed by atoms with Crippen molar-refractivity contribution in [3.8, 4) is 0 Å². The molecule has 1 aliphatic rings. The van der Waals surface area contributed by atoms with Crippen LogP contribution in [-0.4, -0.2) is 5.78 Å². The maximum absolute atomic E-state index is 13.0. The summed E-state index contributed by atoms with van der Waals surface area (Å²) in [4.78, 5) is 12.3. The maximum atomic E-state index is 13.0. The van der Waals surface area contributed by atoms with Gasteiger partial charge in [0.1, 0.15) is 0 Å². The van der Waals surface area contributed by atoms with Gasteiger partial charge in [0, 0.05) is 5.56 Å². The molecular formula is C22H21F3O. The third-order valence-electron chi connectivity index (χ3n) is 4.95. The Morgan fingerprint density at radius 3 is 2.23 bits per heavy atom. The monoisotopic (exact) mass is 358 g/mol. The van der Waals surface area contributed by atoms with Crippen molar-refractivity contribution in [3.63, 3.8) is 0 Å². The average Bonchev–Trinajstić information content (AvgIpc) is 2.66. The van der Waals surface area contributed by atoms with E-state index in [9.17, 15) is 18.0 Å². The second-order valence-corrected chi connectivity index (χ2v) is 6.74. The molecule has 2 aromatic carbocycles. The Morgan fingerprint density at radius 1 is 0.923 bits per heavy atom. The lowest BCUT2D eigenvalue weighted by molar-refractivity contribution is -0.137. The number of ketones is 1. The second kappa shape index (κ2) is 7.90. The number of alkyl halides is 3. The summed E-state index contributed by atoms with van der Waals surface area (Å²) < 4.78 is 39.0. The van der Waals surface area contributed by atoms with E-state index >= 15 is 0 Å². The average molecular weight is 358 g/mol. The minimum atomic E-state index is -4.44. The van der Waals surface area contributed by atoms with E-state index in [1.165, 1.54) is 68.0 Å². The number of hydrogen-bond donors (Lipinski definition) is 0. The molecule has 0 atom stereocenters. The van der Waals surface area contributed by atoms with Crippen LogP contribution >= 0.6 is 0 Å². The quantitative estimate of drug-likeness (QED) is 0.442. The molecule has 1 fully saturated rings. The zero-order valence-electron chi connectivity index (χ0n) is 14.4. The van der Waals surface area contributed by atoms with Crippen molar-refractivity contribution in [2.75, 3.05) is 0 Å². The minimum absolute atomic E-state index is 0.00724. The standard InChI is InChI=1S/C22H21F3O/c23-22(24,25)20-9-5-4-8-18(20)14-15-21(26)19-12-10-17(11-13-19)16-6-2-1-3-7-16/h4-5,8-16H,1-3,6-7H2. The van der Waals surface area contributed by atoms with E-state index in [0.29, 0.717) is 11.5 Å². The zero-order valence-corrected chi connectivity index (χ0v) is 14.4. The topological polar surface area (TPSA) is 17.1 Å². The van der Waals surface area contributed by atoms with Gasteiger partial charge in [0.05, 0.1) is 5.56 Å². The predicted molar refractivity (Wildman–Crippen MR) is 97.1 cm³/mol. The number of benzene rings is 2. The van der Waals surface area contributed by atoms with Crippen LogP contribution in [0.1, 0.15) is 65.1 Å². The molecule has 0 aliphatic heterocycles. The van der Waals surface area contributed by atoms with Crippen LogP contribution in [0, 0.1) is 0 Å². The van der Waals surface area contributed by atoms with Crippen molar-refractivity contribution in [3.05, 3.63) is 76.9 Å². The Bertz CT molecular complexity index is 782. The van der Waals surface area contributed by atoms with E-state index < -0.39 is 11.7 Å². The van der Waals surface area contributed by atoms with Crippen molar-refractivity contribution in [2.45, 2.75) is 44.2 Å². The van der Waals surface area contributed by atoms with Gasteiger partial charge >= 0.3 is 6.18 Å². The fourth-order valence-electron chi connectivity index (χ4n) is 3.52. The van der Waals surface area contributed by atoms with Crippen LogP contribution in [0.4, 0.5) is 13.2 Å². The molecule has 1 aliphatic carbocycles. The number of rotatable bonds is 4. The van der Waals surface area contributed by atoms with Crippen molar-refractivity contribution < 1.29 is 18.0 Å². The lowest BCUT2D eigenvalue weighted by Crippen LogP contribution is -2.07. The molecule has 0 unspecified atom stereocenters. The highest BCUT2D eigenvalue weighted by Gasteiger charge is 2.32. The van der Waals surface area contributed by atoms with Gasteiger partial charge in [-0.05, 0) is 42.0 Å². The zero-order chi connectivity index (χ0) is 18.6. The fraction of sp³-hybridized carbons (Fsp3) is 0.318. The summed E-state index contributed by atoms with van der Waals surface area (Å²) in [6, 6.07) is 12.7. The third kappa shape index (κ3) is 4.43. The van der Waals surface area contributed by atoms with Gasteiger partial charge in [-0.25, -0.2) is 0 Å². The summed E-state index contributed by atoms with van der Waals surface area (Å²) in [5.41, 5.74) is 0.988. The van der Waals surface area contributed by atoms with Crippen molar-refractivity contribution >= 4 is 11.9 Å². The van der Waals surface area contributed by atoms with Gasteiger partial charge in [0.15, 0.2) is 5.78 Å². The summed E-state index contributed by atoms with van der Waals surface area (Å²) in [6.07, 6.45) is 4.14. The Balaban J connectivity index is 1.73. The van der Waals surface area contributed by atoms with Crippen molar-refractivity contribution in [2.24, 2.45) is 0 Å². The van der Waals surface area contributed by atoms with Crippen molar-refractivity contribution in [1.82, 2.24) is 0 Å². The summed E-state index contributed by atoms with van der Waals surface area (Å²) in [5, 5.41) is 0. The summed E-state index contributed by atoms with van der Waals surface area (Å²) in [6.45, 7) is 0. The van der Waals surface area contributed by atoms with Crippen LogP contribution in [0.3, 0.4) is 0 Å². The SMILES string of the molecule is O=C(C=Cc1ccccc1C(F)(F)F)c1ccc(C2CCCCC2)cc1. The molecule has 0 heterocycles. The predicted octanol–water partition coefficient (Wildman–Crippen LogP) is 6.65. The highest BCUT2D eigenvalue weighted by Crippen LogP contribution is 2.33. The lowest BCUT2D eigenvalue weighted by atomic mass is 9.84. The van der Waals surface area contributed by atoms with Crippen LogP contribution in [-0.2, 0) is 6.18 Å². The Morgan fingerprint density at radius 2 is 1.58 bits per heavy atom. The maximum Gasteiger partial charge on any atom is 0.416 e. The van der Waals surface area contributed by atoms with Gasteiger partial charge in [-0.1, -0.05) is 67.8 Å². The van der Waals surface area contributed by atoms with E-state index in [2.05, 4.69) is 0 Å². The Labute approximate surface area is 151 Å². The molecule has 0 aromatic heterocycles. The third-order valence-corrected chi connectivity index (χ3v) is 4.95. The summed E-state index contributed by atoms with van der Waals surface area (Å²) in [5.74, 6) is 0.263. The first-order valence-corrected chi connectivity index (χ1v) is 8.94. The van der Waals surface area contributed by atoms with E-state index in [0.717, 1.165) is 6.07 Å².